The summed E-state index contributed by atoms with van der Waals surface area (Å²) in [7, 11) is 0. The van der Waals surface area contributed by atoms with Gasteiger partial charge in [0.05, 0.1) is 24.7 Å². The summed E-state index contributed by atoms with van der Waals surface area (Å²) in [6.07, 6.45) is 1.40. The minimum absolute atomic E-state index is 0.0493. The van der Waals surface area contributed by atoms with Crippen molar-refractivity contribution in [2.75, 3.05) is 5.32 Å². The molecule has 0 radical (unpaired) electrons. The molecule has 0 bridgehead atoms. The first-order valence-electron chi connectivity index (χ1n) is 9.93. The quantitative estimate of drug-likeness (QED) is 0.629. The van der Waals surface area contributed by atoms with Crippen molar-refractivity contribution in [3.8, 4) is 17.9 Å². The SMILES string of the molecule is Cc1nn(CCC#N)c(C)c1CCC(=O)Nc1cccc(C#Cc2ccccc2)c1. The standard InChI is InChI=1S/C25H24N4O/c1-19-24(20(2)29(28-19)17-7-16-26)14-15-25(30)27-23-11-6-10-22(18-23)13-12-21-8-4-3-5-9-21/h3-6,8-11,18H,7,14-15,17H2,1-2H3,(H,27,30). The highest BCUT2D eigenvalue weighted by Gasteiger charge is 2.13. The molecule has 2 aromatic carbocycles. The van der Waals surface area contributed by atoms with Crippen LogP contribution in [0.25, 0.3) is 0 Å². The van der Waals surface area contributed by atoms with E-state index in [1.807, 2.05) is 73.1 Å². The van der Waals surface area contributed by atoms with E-state index in [0.29, 0.717) is 25.8 Å². The fourth-order valence-electron chi connectivity index (χ4n) is 3.27. The van der Waals surface area contributed by atoms with Gasteiger partial charge in [-0.2, -0.15) is 10.4 Å². The first-order chi connectivity index (χ1) is 14.6. The highest BCUT2D eigenvalue weighted by atomic mass is 16.1. The summed E-state index contributed by atoms with van der Waals surface area (Å²) in [5.41, 5.74) is 5.55. The summed E-state index contributed by atoms with van der Waals surface area (Å²) >= 11 is 0. The highest BCUT2D eigenvalue weighted by Crippen LogP contribution is 2.17. The van der Waals surface area contributed by atoms with Gasteiger partial charge in [0.15, 0.2) is 0 Å². The number of rotatable bonds is 6. The normalized spacial score (nSPS) is 10.0. The molecule has 0 aliphatic carbocycles. The first kappa shape index (κ1) is 20.9. The lowest BCUT2D eigenvalue weighted by Gasteiger charge is -2.07. The largest absolute Gasteiger partial charge is 0.326 e. The van der Waals surface area contributed by atoms with Crippen LogP contribution in [0, 0.1) is 37.0 Å². The summed E-state index contributed by atoms with van der Waals surface area (Å²) in [6, 6.07) is 19.5. The average molecular weight is 396 g/mol. The number of nitriles is 1. The van der Waals surface area contributed by atoms with Crippen molar-refractivity contribution in [2.45, 2.75) is 39.7 Å². The number of benzene rings is 2. The molecule has 1 aromatic heterocycles. The molecule has 5 nitrogen and oxygen atoms in total. The maximum Gasteiger partial charge on any atom is 0.224 e. The summed E-state index contributed by atoms with van der Waals surface area (Å²) in [6.45, 7) is 4.50. The van der Waals surface area contributed by atoms with Crippen LogP contribution in [0.5, 0.6) is 0 Å². The minimum Gasteiger partial charge on any atom is -0.326 e. The van der Waals surface area contributed by atoms with Gasteiger partial charge in [-0.1, -0.05) is 36.1 Å². The van der Waals surface area contributed by atoms with Crippen LogP contribution in [0.2, 0.25) is 0 Å². The van der Waals surface area contributed by atoms with E-state index in [1.165, 1.54) is 0 Å². The van der Waals surface area contributed by atoms with Gasteiger partial charge >= 0.3 is 0 Å². The van der Waals surface area contributed by atoms with Crippen molar-refractivity contribution < 1.29 is 4.79 Å². The fraction of sp³-hybridized carbons (Fsp3) is 0.240. The Morgan fingerprint density at radius 2 is 1.80 bits per heavy atom. The average Bonchev–Trinajstić information content (AvgIpc) is 3.03. The van der Waals surface area contributed by atoms with Gasteiger partial charge in [-0.05, 0) is 56.2 Å². The van der Waals surface area contributed by atoms with Crippen molar-refractivity contribution in [3.05, 3.63) is 82.7 Å². The molecule has 0 aliphatic rings. The van der Waals surface area contributed by atoms with Gasteiger partial charge < -0.3 is 5.32 Å². The number of nitrogens with one attached hydrogen (secondary N) is 1. The van der Waals surface area contributed by atoms with Crippen LogP contribution in [0.1, 0.15) is 40.9 Å². The van der Waals surface area contributed by atoms with Crippen molar-refractivity contribution >= 4 is 11.6 Å². The van der Waals surface area contributed by atoms with Crippen molar-refractivity contribution in [2.24, 2.45) is 0 Å². The molecule has 0 spiro atoms. The lowest BCUT2D eigenvalue weighted by Crippen LogP contribution is -2.13. The Hall–Kier alpha value is -3.83. The summed E-state index contributed by atoms with van der Waals surface area (Å²) < 4.78 is 1.85. The third-order valence-electron chi connectivity index (χ3n) is 4.84. The van der Waals surface area contributed by atoms with E-state index in [4.69, 9.17) is 5.26 Å². The van der Waals surface area contributed by atoms with Crippen LogP contribution < -0.4 is 5.32 Å². The number of carbonyl (C=O) groups excluding carboxylic acids is 1. The molecule has 0 fully saturated rings. The van der Waals surface area contributed by atoms with Crippen molar-refractivity contribution in [1.29, 1.82) is 5.26 Å². The molecule has 0 aliphatic heterocycles. The van der Waals surface area contributed by atoms with E-state index in [9.17, 15) is 4.79 Å². The van der Waals surface area contributed by atoms with E-state index in [2.05, 4.69) is 28.3 Å². The van der Waals surface area contributed by atoms with E-state index in [0.717, 1.165) is 33.8 Å². The highest BCUT2D eigenvalue weighted by molar-refractivity contribution is 5.91. The fourth-order valence-corrected chi connectivity index (χ4v) is 3.27. The lowest BCUT2D eigenvalue weighted by atomic mass is 10.1. The van der Waals surface area contributed by atoms with Gasteiger partial charge in [-0.15, -0.1) is 0 Å². The van der Waals surface area contributed by atoms with Crippen LogP contribution >= 0.6 is 0 Å². The Bertz CT molecular complexity index is 1130. The minimum atomic E-state index is -0.0493. The topological polar surface area (TPSA) is 70.7 Å². The Kier molecular flexibility index (Phi) is 7.03. The van der Waals surface area contributed by atoms with E-state index < -0.39 is 0 Å². The number of carbonyl (C=O) groups is 1. The molecular formula is C25H24N4O. The predicted octanol–water partition coefficient (Wildman–Crippen LogP) is 4.38. The monoisotopic (exact) mass is 396 g/mol. The zero-order chi connectivity index (χ0) is 21.3. The molecule has 0 saturated carbocycles. The summed E-state index contributed by atoms with van der Waals surface area (Å²) in [5, 5.41) is 16.2. The van der Waals surface area contributed by atoms with Gasteiger partial charge in [0.1, 0.15) is 0 Å². The smallest absolute Gasteiger partial charge is 0.224 e. The zero-order valence-corrected chi connectivity index (χ0v) is 17.3. The van der Waals surface area contributed by atoms with Gasteiger partial charge in [-0.3, -0.25) is 9.48 Å². The number of amides is 1. The van der Waals surface area contributed by atoms with Crippen LogP contribution in [0.4, 0.5) is 5.69 Å². The summed E-state index contributed by atoms with van der Waals surface area (Å²) in [4.78, 5) is 12.5. The molecule has 1 N–H and O–H groups in total. The Balaban J connectivity index is 1.60. The second kappa shape index (κ2) is 10.1. The van der Waals surface area contributed by atoms with Gasteiger partial charge in [0.25, 0.3) is 0 Å². The van der Waals surface area contributed by atoms with Crippen molar-refractivity contribution in [3.63, 3.8) is 0 Å². The maximum atomic E-state index is 12.5. The van der Waals surface area contributed by atoms with E-state index in [1.54, 1.807) is 0 Å². The van der Waals surface area contributed by atoms with Crippen LogP contribution in [0.15, 0.2) is 54.6 Å². The lowest BCUT2D eigenvalue weighted by molar-refractivity contribution is -0.116. The van der Waals surface area contributed by atoms with Crippen LogP contribution in [-0.2, 0) is 17.8 Å². The third kappa shape index (κ3) is 5.59. The van der Waals surface area contributed by atoms with Gasteiger partial charge in [0.2, 0.25) is 5.91 Å². The number of aryl methyl sites for hydroxylation is 2. The molecule has 30 heavy (non-hydrogen) atoms. The molecule has 150 valence electrons. The molecular weight excluding hydrogens is 372 g/mol. The number of aromatic nitrogens is 2. The molecule has 1 amide bonds. The Labute approximate surface area is 177 Å². The molecule has 0 unspecified atom stereocenters. The molecule has 0 atom stereocenters. The van der Waals surface area contributed by atoms with Crippen LogP contribution in [0.3, 0.4) is 0 Å². The Morgan fingerprint density at radius 3 is 2.57 bits per heavy atom. The number of nitrogens with zero attached hydrogens (tertiary/aromatic N) is 3. The van der Waals surface area contributed by atoms with E-state index in [-0.39, 0.29) is 5.91 Å². The second-order valence-corrected chi connectivity index (χ2v) is 7.03. The molecule has 5 heteroatoms. The van der Waals surface area contributed by atoms with Gasteiger partial charge in [0, 0.05) is 28.9 Å². The third-order valence-corrected chi connectivity index (χ3v) is 4.84. The zero-order valence-electron chi connectivity index (χ0n) is 17.3. The molecule has 3 aromatic rings. The molecule has 0 saturated heterocycles. The molecule has 3 rings (SSSR count). The second-order valence-electron chi connectivity index (χ2n) is 7.03. The van der Waals surface area contributed by atoms with Crippen molar-refractivity contribution in [1.82, 2.24) is 9.78 Å². The maximum absolute atomic E-state index is 12.5. The number of hydrogen-bond donors (Lipinski definition) is 1. The number of anilines is 1. The first-order valence-corrected chi connectivity index (χ1v) is 9.93. The van der Waals surface area contributed by atoms with Gasteiger partial charge in [-0.25, -0.2) is 0 Å². The Morgan fingerprint density at radius 1 is 1.07 bits per heavy atom. The summed E-state index contributed by atoms with van der Waals surface area (Å²) in [5.74, 6) is 6.21. The van der Waals surface area contributed by atoms with Crippen LogP contribution in [-0.4, -0.2) is 15.7 Å². The molecule has 1 heterocycles. The number of hydrogen-bond acceptors (Lipinski definition) is 3. The van der Waals surface area contributed by atoms with E-state index >= 15 is 0 Å². The predicted molar refractivity (Wildman–Crippen MR) is 118 cm³/mol.